The fourth-order valence-corrected chi connectivity index (χ4v) is 3.18. The molecule has 0 aromatic heterocycles. The number of nitrogens with one attached hydrogen (secondary N) is 1. The Morgan fingerprint density at radius 3 is 2.95 bits per heavy atom. The molecule has 4 N–H and O–H groups in total. The lowest BCUT2D eigenvalue weighted by atomic mass is 9.96. The van der Waals surface area contributed by atoms with Crippen LogP contribution in [0.5, 0.6) is 0 Å². The molecule has 6 heteroatoms. The number of rotatable bonds is 1. The summed E-state index contributed by atoms with van der Waals surface area (Å²) in [4.78, 5) is 13.7. The van der Waals surface area contributed by atoms with Crippen LogP contribution in [0.3, 0.4) is 0 Å². The molecule has 1 saturated heterocycles. The van der Waals surface area contributed by atoms with Crippen molar-refractivity contribution in [1.82, 2.24) is 0 Å². The smallest absolute Gasteiger partial charge is 0.245 e. The minimum absolute atomic E-state index is 0.198. The van der Waals surface area contributed by atoms with Gasteiger partial charge in [-0.1, -0.05) is 18.5 Å². The molecule has 0 radical (unpaired) electrons. The van der Waals surface area contributed by atoms with E-state index in [1.54, 1.807) is 6.07 Å². The molecule has 1 aromatic carbocycles. The Morgan fingerprint density at radius 1 is 1.50 bits per heavy atom. The van der Waals surface area contributed by atoms with E-state index >= 15 is 0 Å². The number of nitrogens with two attached hydrogens (primary N) is 1. The van der Waals surface area contributed by atoms with Gasteiger partial charge in [0.1, 0.15) is 6.04 Å². The van der Waals surface area contributed by atoms with Crippen LogP contribution in [0.1, 0.15) is 24.9 Å². The molecule has 1 amide bonds. The summed E-state index contributed by atoms with van der Waals surface area (Å²) in [7, 11) is 0. The number of hydrogen-bond acceptors (Lipinski definition) is 4. The number of halogens is 1. The van der Waals surface area contributed by atoms with E-state index < -0.39 is 6.04 Å². The summed E-state index contributed by atoms with van der Waals surface area (Å²) in [6.45, 7) is 3.53. The summed E-state index contributed by atoms with van der Waals surface area (Å²) < 4.78 is 0. The average molecular weight is 296 g/mol. The normalized spacial score (nSPS) is 29.3. The highest BCUT2D eigenvalue weighted by molar-refractivity contribution is 6.33. The largest absolute Gasteiger partial charge is 0.393 e. The Hall–Kier alpha value is -1.30. The van der Waals surface area contributed by atoms with Gasteiger partial charge >= 0.3 is 0 Å². The second kappa shape index (κ2) is 4.91. The third kappa shape index (κ3) is 2.16. The molecule has 0 aliphatic carbocycles. The summed E-state index contributed by atoms with van der Waals surface area (Å²) in [6.07, 6.45) is 0.466. The summed E-state index contributed by atoms with van der Waals surface area (Å²) in [5, 5.41) is 13.2. The molecular weight excluding hydrogens is 278 g/mol. The fraction of sp³-hybridized carbons (Fsp3) is 0.500. The number of amides is 1. The second-order valence-corrected chi connectivity index (χ2v) is 6.04. The summed E-state index contributed by atoms with van der Waals surface area (Å²) in [6, 6.07) is 3.01. The van der Waals surface area contributed by atoms with E-state index in [0.29, 0.717) is 5.02 Å². The molecule has 3 unspecified atom stereocenters. The van der Waals surface area contributed by atoms with E-state index in [0.717, 1.165) is 36.4 Å². The summed E-state index contributed by atoms with van der Waals surface area (Å²) in [5.41, 5.74) is 8.18. The molecule has 2 aliphatic heterocycles. The third-order valence-corrected chi connectivity index (χ3v) is 4.50. The minimum atomic E-state index is -0.640. The first-order valence-electron chi connectivity index (χ1n) is 6.80. The lowest BCUT2D eigenvalue weighted by molar-refractivity contribution is -0.116. The van der Waals surface area contributed by atoms with Gasteiger partial charge in [0.2, 0.25) is 5.91 Å². The SMILES string of the molecule is CC1CN(c2cc3c(cc2Cl)C(N)C(=O)N3)CCC1O. The lowest BCUT2D eigenvalue weighted by Gasteiger charge is -2.36. The van der Waals surface area contributed by atoms with Crippen molar-refractivity contribution in [2.24, 2.45) is 11.7 Å². The molecule has 0 bridgehead atoms. The highest BCUT2D eigenvalue weighted by Gasteiger charge is 2.31. The first-order valence-corrected chi connectivity index (χ1v) is 7.18. The topological polar surface area (TPSA) is 78.6 Å². The molecule has 0 spiro atoms. The van der Waals surface area contributed by atoms with E-state index in [1.807, 2.05) is 13.0 Å². The second-order valence-electron chi connectivity index (χ2n) is 5.64. The Morgan fingerprint density at radius 2 is 2.25 bits per heavy atom. The number of anilines is 2. The molecular formula is C14H18ClN3O2. The van der Waals surface area contributed by atoms with Gasteiger partial charge in [-0.15, -0.1) is 0 Å². The van der Waals surface area contributed by atoms with Crippen molar-refractivity contribution < 1.29 is 9.90 Å². The lowest BCUT2D eigenvalue weighted by Crippen LogP contribution is -2.42. The van der Waals surface area contributed by atoms with Crippen LogP contribution in [0.15, 0.2) is 12.1 Å². The van der Waals surface area contributed by atoms with E-state index in [4.69, 9.17) is 17.3 Å². The number of carbonyl (C=O) groups is 1. The predicted molar refractivity (Wildman–Crippen MR) is 79.0 cm³/mol. The van der Waals surface area contributed by atoms with Gasteiger partial charge in [-0.05, 0) is 24.5 Å². The maximum absolute atomic E-state index is 11.6. The van der Waals surface area contributed by atoms with Crippen molar-refractivity contribution in [1.29, 1.82) is 0 Å². The minimum Gasteiger partial charge on any atom is -0.393 e. The molecule has 1 aromatic rings. The van der Waals surface area contributed by atoms with Gasteiger partial charge in [0.25, 0.3) is 0 Å². The van der Waals surface area contributed by atoms with Gasteiger partial charge in [0.15, 0.2) is 0 Å². The molecule has 3 rings (SSSR count). The van der Waals surface area contributed by atoms with Gasteiger partial charge in [-0.3, -0.25) is 4.79 Å². The average Bonchev–Trinajstić information content (AvgIpc) is 2.68. The van der Waals surface area contributed by atoms with Gasteiger partial charge in [-0.25, -0.2) is 0 Å². The van der Waals surface area contributed by atoms with E-state index in [-0.39, 0.29) is 17.9 Å². The van der Waals surface area contributed by atoms with Crippen molar-refractivity contribution >= 4 is 28.9 Å². The molecule has 20 heavy (non-hydrogen) atoms. The van der Waals surface area contributed by atoms with Crippen molar-refractivity contribution in [3.05, 3.63) is 22.7 Å². The molecule has 2 heterocycles. The first kappa shape index (κ1) is 13.7. The highest BCUT2D eigenvalue weighted by Crippen LogP contribution is 2.39. The van der Waals surface area contributed by atoms with Crippen LogP contribution >= 0.6 is 11.6 Å². The molecule has 0 saturated carbocycles. The maximum atomic E-state index is 11.6. The number of aliphatic hydroxyl groups is 1. The number of hydrogen-bond donors (Lipinski definition) is 3. The maximum Gasteiger partial charge on any atom is 0.245 e. The Balaban J connectivity index is 1.92. The Kier molecular flexibility index (Phi) is 3.36. The molecule has 108 valence electrons. The molecule has 2 aliphatic rings. The van der Waals surface area contributed by atoms with Gasteiger partial charge in [0.05, 0.1) is 16.8 Å². The van der Waals surface area contributed by atoms with Crippen LogP contribution in [0.4, 0.5) is 11.4 Å². The number of fused-ring (bicyclic) bond motifs is 1. The van der Waals surface area contributed by atoms with Crippen LogP contribution in [-0.4, -0.2) is 30.2 Å². The highest BCUT2D eigenvalue weighted by atomic mass is 35.5. The van der Waals surface area contributed by atoms with Crippen LogP contribution in [0.2, 0.25) is 5.02 Å². The summed E-state index contributed by atoms with van der Waals surface area (Å²) in [5.74, 6) is 0.000528. The first-order chi connectivity index (χ1) is 9.47. The summed E-state index contributed by atoms with van der Waals surface area (Å²) >= 11 is 6.34. The number of carbonyl (C=O) groups excluding carboxylic acids is 1. The van der Waals surface area contributed by atoms with E-state index in [1.165, 1.54) is 0 Å². The fourth-order valence-electron chi connectivity index (χ4n) is 2.89. The number of benzene rings is 1. The number of aliphatic hydroxyl groups excluding tert-OH is 1. The number of nitrogens with zero attached hydrogens (tertiary/aromatic N) is 1. The van der Waals surface area contributed by atoms with E-state index in [9.17, 15) is 9.90 Å². The Labute approximate surface area is 122 Å². The van der Waals surface area contributed by atoms with Gasteiger partial charge in [-0.2, -0.15) is 0 Å². The van der Waals surface area contributed by atoms with Crippen molar-refractivity contribution in [3.8, 4) is 0 Å². The van der Waals surface area contributed by atoms with Crippen molar-refractivity contribution in [2.45, 2.75) is 25.5 Å². The quantitative estimate of drug-likeness (QED) is 0.734. The van der Waals surface area contributed by atoms with Crippen molar-refractivity contribution in [3.63, 3.8) is 0 Å². The van der Waals surface area contributed by atoms with Gasteiger partial charge < -0.3 is 21.1 Å². The predicted octanol–water partition coefficient (Wildman–Crippen LogP) is 1.50. The van der Waals surface area contributed by atoms with Crippen LogP contribution in [0.25, 0.3) is 0 Å². The standard InChI is InChI=1S/C14H18ClN3O2/c1-7-6-18(3-2-12(7)19)11-5-10-8(4-9(11)15)13(16)14(20)17-10/h4-5,7,12-13,19H,2-3,6,16H2,1H3,(H,17,20). The van der Waals surface area contributed by atoms with Crippen LogP contribution < -0.4 is 16.0 Å². The zero-order valence-corrected chi connectivity index (χ0v) is 12.0. The van der Waals surface area contributed by atoms with Crippen LogP contribution in [-0.2, 0) is 4.79 Å². The molecule has 5 nitrogen and oxygen atoms in total. The number of piperidine rings is 1. The molecule has 1 fully saturated rings. The molecule has 3 atom stereocenters. The van der Waals surface area contributed by atoms with Crippen molar-refractivity contribution in [2.75, 3.05) is 23.3 Å². The Bertz CT molecular complexity index is 564. The van der Waals surface area contributed by atoms with E-state index in [2.05, 4.69) is 10.2 Å². The third-order valence-electron chi connectivity index (χ3n) is 4.20. The monoisotopic (exact) mass is 295 g/mol. The zero-order valence-electron chi connectivity index (χ0n) is 11.3. The van der Waals surface area contributed by atoms with Crippen LogP contribution in [0, 0.1) is 5.92 Å². The van der Waals surface area contributed by atoms with Gasteiger partial charge in [0, 0.05) is 24.3 Å². The zero-order chi connectivity index (χ0) is 14.4.